The maximum absolute atomic E-state index is 11.5. The molecule has 0 aromatic heterocycles. The molecule has 3 heteroatoms. The first-order valence-electron chi connectivity index (χ1n) is 7.73. The summed E-state index contributed by atoms with van der Waals surface area (Å²) in [5.74, 6) is 0.952. The van der Waals surface area contributed by atoms with Gasteiger partial charge >= 0.3 is 0 Å². The number of carbonyl (C=O) groups is 1. The lowest BCUT2D eigenvalue weighted by atomic mass is 9.90. The van der Waals surface area contributed by atoms with Gasteiger partial charge in [-0.3, -0.25) is 4.79 Å². The SMILES string of the molecule is O=C1C[C@H]2C[C@@H](O)[C@H](/C=C/C(O)Cc3ccccc3)[C@H]2C1. The molecular weight excluding hydrogens is 264 g/mol. The Kier molecular flexibility index (Phi) is 4.22. The van der Waals surface area contributed by atoms with Crippen LogP contribution in [0.1, 0.15) is 24.8 Å². The van der Waals surface area contributed by atoms with Crippen LogP contribution in [0, 0.1) is 17.8 Å². The van der Waals surface area contributed by atoms with Crippen molar-refractivity contribution in [2.45, 2.75) is 37.9 Å². The van der Waals surface area contributed by atoms with E-state index in [0.29, 0.717) is 31.0 Å². The number of ketones is 1. The van der Waals surface area contributed by atoms with Crippen molar-refractivity contribution in [2.24, 2.45) is 17.8 Å². The number of carbonyl (C=O) groups excluding carboxylic acids is 1. The Hall–Kier alpha value is -1.45. The highest BCUT2D eigenvalue weighted by Crippen LogP contribution is 2.46. The van der Waals surface area contributed by atoms with Gasteiger partial charge in [-0.25, -0.2) is 0 Å². The Morgan fingerprint density at radius 1 is 1.24 bits per heavy atom. The largest absolute Gasteiger partial charge is 0.392 e. The van der Waals surface area contributed by atoms with E-state index in [1.165, 1.54) is 0 Å². The number of aliphatic hydroxyl groups excluding tert-OH is 2. The summed E-state index contributed by atoms with van der Waals surface area (Å²) in [5, 5.41) is 20.2. The first kappa shape index (κ1) is 14.5. The molecule has 1 aromatic carbocycles. The molecule has 0 bridgehead atoms. The second-order valence-corrected chi connectivity index (χ2v) is 6.39. The quantitative estimate of drug-likeness (QED) is 0.834. The first-order chi connectivity index (χ1) is 10.1. The van der Waals surface area contributed by atoms with E-state index in [1.807, 2.05) is 36.4 Å². The Bertz CT molecular complexity index is 523. The van der Waals surface area contributed by atoms with Gasteiger partial charge in [0.25, 0.3) is 0 Å². The predicted octanol–water partition coefficient (Wildman–Crippen LogP) is 2.12. The van der Waals surface area contributed by atoms with E-state index in [2.05, 4.69) is 0 Å². The number of benzene rings is 1. The molecule has 0 heterocycles. The molecule has 1 unspecified atom stereocenters. The lowest BCUT2D eigenvalue weighted by Crippen LogP contribution is -2.18. The molecule has 0 amide bonds. The van der Waals surface area contributed by atoms with Gasteiger partial charge in [0.2, 0.25) is 0 Å². The van der Waals surface area contributed by atoms with Crippen molar-refractivity contribution >= 4 is 5.78 Å². The molecule has 5 atom stereocenters. The second-order valence-electron chi connectivity index (χ2n) is 6.39. The van der Waals surface area contributed by atoms with Crippen LogP contribution in [-0.4, -0.2) is 28.2 Å². The van der Waals surface area contributed by atoms with Crippen molar-refractivity contribution in [3.63, 3.8) is 0 Å². The number of fused-ring (bicyclic) bond motifs is 1. The minimum atomic E-state index is -0.546. The summed E-state index contributed by atoms with van der Waals surface area (Å²) in [4.78, 5) is 11.5. The van der Waals surface area contributed by atoms with Crippen LogP contribution < -0.4 is 0 Å². The number of hydrogen-bond acceptors (Lipinski definition) is 3. The molecule has 21 heavy (non-hydrogen) atoms. The Morgan fingerprint density at radius 3 is 2.76 bits per heavy atom. The van der Waals surface area contributed by atoms with E-state index >= 15 is 0 Å². The van der Waals surface area contributed by atoms with Crippen molar-refractivity contribution in [1.29, 1.82) is 0 Å². The first-order valence-corrected chi connectivity index (χ1v) is 7.73. The smallest absolute Gasteiger partial charge is 0.133 e. The van der Waals surface area contributed by atoms with Gasteiger partial charge in [-0.2, -0.15) is 0 Å². The zero-order chi connectivity index (χ0) is 14.8. The molecular formula is C18H22O3. The number of Topliss-reactive ketones (excluding diaryl/α,β-unsaturated/α-hetero) is 1. The van der Waals surface area contributed by atoms with Crippen LogP contribution in [-0.2, 0) is 11.2 Å². The van der Waals surface area contributed by atoms with E-state index < -0.39 is 6.10 Å². The number of hydrogen-bond donors (Lipinski definition) is 2. The van der Waals surface area contributed by atoms with Gasteiger partial charge in [0.05, 0.1) is 12.2 Å². The van der Waals surface area contributed by atoms with Crippen LogP contribution in [0.3, 0.4) is 0 Å². The van der Waals surface area contributed by atoms with Crippen LogP contribution in [0.15, 0.2) is 42.5 Å². The topological polar surface area (TPSA) is 57.5 Å². The molecule has 2 saturated carbocycles. The molecule has 0 aliphatic heterocycles. The van der Waals surface area contributed by atoms with E-state index in [-0.39, 0.29) is 17.9 Å². The van der Waals surface area contributed by atoms with E-state index in [0.717, 1.165) is 12.0 Å². The van der Waals surface area contributed by atoms with Gasteiger partial charge in [0.1, 0.15) is 5.78 Å². The second kappa shape index (κ2) is 6.12. The van der Waals surface area contributed by atoms with Gasteiger partial charge in [-0.05, 0) is 23.8 Å². The van der Waals surface area contributed by atoms with Gasteiger partial charge in [0, 0.05) is 25.2 Å². The summed E-state index contributed by atoms with van der Waals surface area (Å²) in [6, 6.07) is 9.86. The highest BCUT2D eigenvalue weighted by atomic mass is 16.3. The number of rotatable bonds is 4. The Morgan fingerprint density at radius 2 is 2.00 bits per heavy atom. The van der Waals surface area contributed by atoms with Gasteiger partial charge in [-0.15, -0.1) is 0 Å². The summed E-state index contributed by atoms with van der Waals surface area (Å²) in [6.07, 6.45) is 5.31. The maximum Gasteiger partial charge on any atom is 0.133 e. The van der Waals surface area contributed by atoms with Crippen molar-refractivity contribution in [3.05, 3.63) is 48.0 Å². The molecule has 2 aliphatic carbocycles. The molecule has 0 radical (unpaired) electrons. The fourth-order valence-corrected chi connectivity index (χ4v) is 3.87. The standard InChI is InChI=1S/C18H22O3/c19-14(8-12-4-2-1-3-5-12)6-7-16-17-11-15(20)9-13(17)10-18(16)21/h1-7,13-14,16-19,21H,8-11H2/b7-6+/t13-,14?,16+,17-,18+/m0/s1. The monoisotopic (exact) mass is 286 g/mol. The van der Waals surface area contributed by atoms with E-state index in [1.54, 1.807) is 6.08 Å². The minimum Gasteiger partial charge on any atom is -0.392 e. The summed E-state index contributed by atoms with van der Waals surface area (Å²) in [6.45, 7) is 0. The summed E-state index contributed by atoms with van der Waals surface area (Å²) >= 11 is 0. The van der Waals surface area contributed by atoms with Gasteiger partial charge in [0.15, 0.2) is 0 Å². The van der Waals surface area contributed by atoms with Crippen LogP contribution in [0.4, 0.5) is 0 Å². The van der Waals surface area contributed by atoms with Crippen LogP contribution >= 0.6 is 0 Å². The zero-order valence-corrected chi connectivity index (χ0v) is 12.1. The van der Waals surface area contributed by atoms with Crippen LogP contribution in [0.5, 0.6) is 0 Å². The highest BCUT2D eigenvalue weighted by Gasteiger charge is 2.46. The van der Waals surface area contributed by atoms with Crippen molar-refractivity contribution in [2.75, 3.05) is 0 Å². The molecule has 112 valence electrons. The normalized spacial score (nSPS) is 33.5. The predicted molar refractivity (Wildman–Crippen MR) is 80.6 cm³/mol. The molecule has 0 saturated heterocycles. The van der Waals surface area contributed by atoms with Crippen LogP contribution in [0.2, 0.25) is 0 Å². The molecule has 2 N–H and O–H groups in total. The fraction of sp³-hybridized carbons (Fsp3) is 0.500. The molecule has 0 spiro atoms. The Labute approximate surface area is 125 Å². The summed E-state index contributed by atoms with van der Waals surface area (Å²) in [7, 11) is 0. The van der Waals surface area contributed by atoms with Gasteiger partial charge in [-0.1, -0.05) is 42.5 Å². The third-order valence-corrected chi connectivity index (χ3v) is 4.88. The molecule has 1 aromatic rings. The maximum atomic E-state index is 11.5. The zero-order valence-electron chi connectivity index (χ0n) is 12.1. The van der Waals surface area contributed by atoms with Crippen molar-refractivity contribution < 1.29 is 15.0 Å². The molecule has 2 aliphatic rings. The van der Waals surface area contributed by atoms with E-state index in [4.69, 9.17) is 0 Å². The van der Waals surface area contributed by atoms with Crippen molar-refractivity contribution in [1.82, 2.24) is 0 Å². The minimum absolute atomic E-state index is 0.0203. The highest BCUT2D eigenvalue weighted by molar-refractivity contribution is 5.81. The molecule has 3 nitrogen and oxygen atoms in total. The summed E-state index contributed by atoms with van der Waals surface area (Å²) < 4.78 is 0. The Balaban J connectivity index is 1.61. The van der Waals surface area contributed by atoms with Gasteiger partial charge < -0.3 is 10.2 Å². The third kappa shape index (κ3) is 3.25. The fourth-order valence-electron chi connectivity index (χ4n) is 3.87. The lowest BCUT2D eigenvalue weighted by molar-refractivity contribution is -0.118. The third-order valence-electron chi connectivity index (χ3n) is 4.88. The average molecular weight is 286 g/mol. The molecule has 2 fully saturated rings. The summed E-state index contributed by atoms with van der Waals surface area (Å²) in [5.41, 5.74) is 1.09. The van der Waals surface area contributed by atoms with E-state index in [9.17, 15) is 15.0 Å². The lowest BCUT2D eigenvalue weighted by Gasteiger charge is -2.17. The van der Waals surface area contributed by atoms with Crippen LogP contribution in [0.25, 0.3) is 0 Å². The molecule has 3 rings (SSSR count). The average Bonchev–Trinajstić information content (AvgIpc) is 2.93. The number of aliphatic hydroxyl groups is 2. The van der Waals surface area contributed by atoms with Crippen molar-refractivity contribution in [3.8, 4) is 0 Å².